The lowest BCUT2D eigenvalue weighted by Crippen LogP contribution is -1.90. The largest absolute Gasteiger partial charge is 0.508 e. The highest BCUT2D eigenvalue weighted by molar-refractivity contribution is 5.99. The molecular weight excluding hydrogens is 679 g/mol. The summed E-state index contributed by atoms with van der Waals surface area (Å²) in [5, 5.41) is 42.1. The van der Waals surface area contributed by atoms with Gasteiger partial charge in [0.25, 0.3) is 5.69 Å². The highest BCUT2D eigenvalue weighted by Crippen LogP contribution is 2.39. The Hall–Kier alpha value is -7.72. The van der Waals surface area contributed by atoms with E-state index in [9.17, 15) is 25.4 Å². The first-order valence-electron chi connectivity index (χ1n) is 17.1. The standard InChI is InChI=1S/C44H29N5O5/c50-30-11-3-26(4-12-30)42-35-19-17-33(45-35)41(25-1-9-29(10-2-25)49(53)54)34-18-20-36(46-34)43(27-5-13-31(51)14-6-27)38-22-24-40(48-38)44(39-23-21-37(42)47-39)28-7-15-32(52)16-8-28/h1-24,45,48,50-52H. The normalized spacial score (nSPS) is 11.9. The lowest BCUT2D eigenvalue weighted by Gasteiger charge is -2.07. The van der Waals surface area contributed by atoms with Crippen molar-refractivity contribution in [2.24, 2.45) is 0 Å². The van der Waals surface area contributed by atoms with Crippen LogP contribution in [0.1, 0.15) is 22.8 Å². The van der Waals surface area contributed by atoms with Crippen LogP contribution in [0.4, 0.5) is 5.69 Å². The number of phenolic OH excluding ortho intramolecular Hbond substituents is 3. The molecule has 260 valence electrons. The molecule has 7 aromatic rings. The van der Waals surface area contributed by atoms with Crippen molar-refractivity contribution in [1.29, 1.82) is 0 Å². The fraction of sp³-hybridized carbons (Fsp3) is 0. The van der Waals surface area contributed by atoms with Gasteiger partial charge in [-0.05, 0) is 119 Å². The van der Waals surface area contributed by atoms with Crippen LogP contribution in [0.15, 0.2) is 121 Å². The van der Waals surface area contributed by atoms with Crippen LogP contribution >= 0.6 is 0 Å². The van der Waals surface area contributed by atoms with Crippen molar-refractivity contribution in [3.8, 4) is 61.8 Å². The molecule has 0 aliphatic carbocycles. The van der Waals surface area contributed by atoms with Crippen molar-refractivity contribution >= 4 is 52.1 Å². The van der Waals surface area contributed by atoms with Crippen LogP contribution in [-0.4, -0.2) is 40.2 Å². The number of nitrogens with one attached hydrogen (secondary N) is 2. The van der Waals surface area contributed by atoms with Crippen LogP contribution in [0.2, 0.25) is 0 Å². The number of nitro groups is 1. The van der Waals surface area contributed by atoms with Crippen LogP contribution in [0.5, 0.6) is 17.2 Å². The molecule has 2 aliphatic heterocycles. The predicted octanol–water partition coefficient (Wildman–Crippen LogP) is 10.3. The minimum Gasteiger partial charge on any atom is -0.508 e. The Morgan fingerprint density at radius 3 is 0.926 bits per heavy atom. The van der Waals surface area contributed by atoms with Gasteiger partial charge in [0.15, 0.2) is 0 Å². The molecule has 10 nitrogen and oxygen atoms in total. The van der Waals surface area contributed by atoms with Gasteiger partial charge >= 0.3 is 0 Å². The van der Waals surface area contributed by atoms with E-state index in [2.05, 4.69) is 9.97 Å². The van der Waals surface area contributed by atoms with Gasteiger partial charge in [0, 0.05) is 56.5 Å². The molecule has 0 unspecified atom stereocenters. The first-order chi connectivity index (χ1) is 26.3. The molecule has 0 amide bonds. The van der Waals surface area contributed by atoms with E-state index in [0.717, 1.165) is 66.6 Å². The summed E-state index contributed by atoms with van der Waals surface area (Å²) in [7, 11) is 0. The number of nitrogens with zero attached hydrogens (tertiary/aromatic N) is 3. The molecule has 5 N–H and O–H groups in total. The lowest BCUT2D eigenvalue weighted by molar-refractivity contribution is -0.384. The van der Waals surface area contributed by atoms with E-state index in [1.54, 1.807) is 48.5 Å². The second kappa shape index (κ2) is 12.8. The number of hydrogen-bond acceptors (Lipinski definition) is 7. The van der Waals surface area contributed by atoms with Gasteiger partial charge < -0.3 is 25.3 Å². The maximum atomic E-state index is 11.6. The summed E-state index contributed by atoms with van der Waals surface area (Å²) in [5.74, 6) is 0.417. The monoisotopic (exact) mass is 707 g/mol. The summed E-state index contributed by atoms with van der Waals surface area (Å²) in [5.41, 5.74) is 12.0. The number of aromatic amines is 2. The number of benzene rings is 4. The molecule has 3 aromatic heterocycles. The topological polar surface area (TPSA) is 161 Å². The SMILES string of the molecule is O=[N+]([O-])c1ccc(-c2c3nc(c(-c4ccc(O)cc4)c4ccc([nH]4)c(-c4ccc(O)cc4)c4nc(c(-c5ccc(O)cc5)c5ccc2[nH]5)C=C4)C=C3)cc1. The van der Waals surface area contributed by atoms with Crippen LogP contribution < -0.4 is 0 Å². The highest BCUT2D eigenvalue weighted by atomic mass is 16.6. The van der Waals surface area contributed by atoms with E-state index in [4.69, 9.17) is 9.97 Å². The molecule has 0 saturated heterocycles. The van der Waals surface area contributed by atoms with E-state index in [1.165, 1.54) is 12.1 Å². The van der Waals surface area contributed by atoms with Crippen LogP contribution in [0.3, 0.4) is 0 Å². The molecule has 0 atom stereocenters. The van der Waals surface area contributed by atoms with Gasteiger partial charge in [-0.2, -0.15) is 0 Å². The van der Waals surface area contributed by atoms with E-state index in [1.807, 2.05) is 85.0 Å². The van der Waals surface area contributed by atoms with Crippen molar-refractivity contribution in [3.63, 3.8) is 0 Å². The third-order valence-electron chi connectivity index (χ3n) is 9.59. The van der Waals surface area contributed by atoms with Crippen LogP contribution in [-0.2, 0) is 0 Å². The van der Waals surface area contributed by atoms with Crippen LogP contribution in [0.25, 0.3) is 90.9 Å². The number of nitro benzene ring substituents is 1. The average molecular weight is 708 g/mol. The molecule has 0 saturated carbocycles. The van der Waals surface area contributed by atoms with E-state index < -0.39 is 4.92 Å². The second-order valence-corrected chi connectivity index (χ2v) is 12.9. The van der Waals surface area contributed by atoms with Gasteiger partial charge in [-0.3, -0.25) is 10.1 Å². The van der Waals surface area contributed by atoms with Crippen molar-refractivity contribution in [2.75, 3.05) is 0 Å². The molecule has 0 fully saturated rings. The maximum absolute atomic E-state index is 11.6. The van der Waals surface area contributed by atoms with Gasteiger partial charge in [0.1, 0.15) is 17.2 Å². The number of H-pyrrole nitrogens is 2. The number of non-ortho nitro benzene ring substituents is 1. The Bertz CT molecular complexity index is 2810. The minimum absolute atomic E-state index is 0.0223. The zero-order valence-corrected chi connectivity index (χ0v) is 28.4. The number of aromatic hydroxyl groups is 3. The number of hydrogen-bond donors (Lipinski definition) is 5. The number of phenols is 3. The number of fused-ring (bicyclic) bond motifs is 8. The molecule has 2 aliphatic rings. The molecule has 54 heavy (non-hydrogen) atoms. The Balaban J connectivity index is 1.45. The fourth-order valence-electron chi connectivity index (χ4n) is 7.05. The first-order valence-corrected chi connectivity index (χ1v) is 17.1. The van der Waals surface area contributed by atoms with Gasteiger partial charge in [-0.1, -0.05) is 36.4 Å². The molecule has 10 heteroatoms. The quantitative estimate of drug-likeness (QED) is 0.0878. The Morgan fingerprint density at radius 2 is 0.667 bits per heavy atom. The summed E-state index contributed by atoms with van der Waals surface area (Å²) in [6.07, 6.45) is 7.79. The van der Waals surface area contributed by atoms with Gasteiger partial charge in [0.05, 0.1) is 27.7 Å². The third kappa shape index (κ3) is 5.73. The zero-order valence-electron chi connectivity index (χ0n) is 28.4. The van der Waals surface area contributed by atoms with E-state index in [-0.39, 0.29) is 22.9 Å². The van der Waals surface area contributed by atoms with E-state index >= 15 is 0 Å². The van der Waals surface area contributed by atoms with Crippen molar-refractivity contribution in [3.05, 3.63) is 154 Å². The third-order valence-corrected chi connectivity index (χ3v) is 9.59. The summed E-state index contributed by atoms with van der Waals surface area (Å²) in [6.45, 7) is 0. The van der Waals surface area contributed by atoms with Gasteiger partial charge in [0.2, 0.25) is 0 Å². The first kappa shape index (κ1) is 32.2. The highest BCUT2D eigenvalue weighted by Gasteiger charge is 2.19. The molecule has 0 radical (unpaired) electrons. The summed E-state index contributed by atoms with van der Waals surface area (Å²) < 4.78 is 0. The molecule has 8 bridgehead atoms. The fourth-order valence-corrected chi connectivity index (χ4v) is 7.05. The maximum Gasteiger partial charge on any atom is 0.269 e. The predicted molar refractivity (Wildman–Crippen MR) is 212 cm³/mol. The van der Waals surface area contributed by atoms with Crippen LogP contribution in [0, 0.1) is 10.1 Å². The molecule has 5 heterocycles. The molecular formula is C44H29N5O5. The van der Waals surface area contributed by atoms with E-state index in [0.29, 0.717) is 22.8 Å². The Labute approximate surface area is 307 Å². The number of aromatic nitrogens is 4. The Kier molecular flexibility index (Phi) is 7.63. The smallest absolute Gasteiger partial charge is 0.269 e. The molecule has 0 spiro atoms. The molecule has 4 aromatic carbocycles. The molecule has 9 rings (SSSR count). The lowest BCUT2D eigenvalue weighted by atomic mass is 10.0. The summed E-state index contributed by atoms with van der Waals surface area (Å²) in [6, 6.07) is 35.2. The average Bonchev–Trinajstić information content (AvgIpc) is 4.02. The summed E-state index contributed by atoms with van der Waals surface area (Å²) >= 11 is 0. The Morgan fingerprint density at radius 1 is 0.407 bits per heavy atom. The minimum atomic E-state index is -0.423. The second-order valence-electron chi connectivity index (χ2n) is 12.9. The van der Waals surface area contributed by atoms with Crippen molar-refractivity contribution < 1.29 is 20.2 Å². The van der Waals surface area contributed by atoms with Gasteiger partial charge in [-0.15, -0.1) is 0 Å². The number of rotatable bonds is 5. The van der Waals surface area contributed by atoms with Gasteiger partial charge in [-0.25, -0.2) is 9.97 Å². The van der Waals surface area contributed by atoms with Crippen molar-refractivity contribution in [1.82, 2.24) is 19.9 Å². The summed E-state index contributed by atoms with van der Waals surface area (Å²) in [4.78, 5) is 28.8. The zero-order chi connectivity index (χ0) is 36.9. The van der Waals surface area contributed by atoms with Crippen molar-refractivity contribution in [2.45, 2.75) is 0 Å².